The van der Waals surface area contributed by atoms with Crippen LogP contribution >= 0.6 is 0 Å². The van der Waals surface area contributed by atoms with Crippen LogP contribution in [0, 0.1) is 11.3 Å². The van der Waals surface area contributed by atoms with Crippen molar-refractivity contribution in [3.63, 3.8) is 0 Å². The average Bonchev–Trinajstić information content (AvgIpc) is 2.30. The van der Waals surface area contributed by atoms with Crippen molar-refractivity contribution < 1.29 is 14.6 Å². The monoisotopic (exact) mass is 243 g/mol. The molecule has 4 heteroatoms. The molecule has 1 aliphatic rings. The fourth-order valence-electron chi connectivity index (χ4n) is 2.29. The summed E-state index contributed by atoms with van der Waals surface area (Å²) in [6.07, 6.45) is 3.67. The topological polar surface area (TPSA) is 58.6 Å². The van der Waals surface area contributed by atoms with Gasteiger partial charge in [0.2, 0.25) is 5.91 Å². The molecule has 0 aromatic heterocycles. The molecule has 0 radical (unpaired) electrons. The number of carbonyl (C=O) groups is 1. The van der Waals surface area contributed by atoms with Gasteiger partial charge in [0, 0.05) is 31.8 Å². The second-order valence-electron chi connectivity index (χ2n) is 5.48. The third-order valence-electron chi connectivity index (χ3n) is 3.37. The van der Waals surface area contributed by atoms with E-state index in [9.17, 15) is 4.79 Å². The Labute approximate surface area is 104 Å². The summed E-state index contributed by atoms with van der Waals surface area (Å²) in [4.78, 5) is 12.0. The Morgan fingerprint density at radius 1 is 1.41 bits per heavy atom. The number of hydrogen-bond donors (Lipinski definition) is 2. The number of aliphatic hydroxyl groups is 1. The minimum Gasteiger partial charge on any atom is -0.396 e. The predicted molar refractivity (Wildman–Crippen MR) is 66.7 cm³/mol. The summed E-state index contributed by atoms with van der Waals surface area (Å²) < 4.78 is 5.33. The summed E-state index contributed by atoms with van der Waals surface area (Å²) in [5.41, 5.74) is -0.322. The molecule has 0 aromatic carbocycles. The Kier molecular flexibility index (Phi) is 5.92. The van der Waals surface area contributed by atoms with Crippen LogP contribution in [0.5, 0.6) is 0 Å². The molecule has 0 aromatic rings. The van der Waals surface area contributed by atoms with Crippen molar-refractivity contribution in [2.24, 2.45) is 11.3 Å². The van der Waals surface area contributed by atoms with Crippen molar-refractivity contribution >= 4 is 5.91 Å². The van der Waals surface area contributed by atoms with Crippen LogP contribution in [0.15, 0.2) is 0 Å². The number of nitrogens with one attached hydrogen (secondary N) is 1. The lowest BCUT2D eigenvalue weighted by atomic mass is 9.79. The lowest BCUT2D eigenvalue weighted by molar-refractivity contribution is -0.130. The van der Waals surface area contributed by atoms with E-state index in [1.807, 2.05) is 13.8 Å². The molecule has 0 bridgehead atoms. The molecule has 1 fully saturated rings. The van der Waals surface area contributed by atoms with Crippen LogP contribution in [0.2, 0.25) is 0 Å². The third-order valence-corrected chi connectivity index (χ3v) is 3.37. The second-order valence-corrected chi connectivity index (χ2v) is 5.48. The van der Waals surface area contributed by atoms with E-state index < -0.39 is 0 Å². The van der Waals surface area contributed by atoms with E-state index in [4.69, 9.17) is 9.84 Å². The van der Waals surface area contributed by atoms with E-state index in [1.165, 1.54) is 0 Å². The molecular weight excluding hydrogens is 218 g/mol. The zero-order valence-electron chi connectivity index (χ0n) is 11.0. The van der Waals surface area contributed by atoms with E-state index in [2.05, 4.69) is 5.32 Å². The van der Waals surface area contributed by atoms with Gasteiger partial charge in [0.05, 0.1) is 0 Å². The van der Waals surface area contributed by atoms with Gasteiger partial charge in [-0.3, -0.25) is 4.79 Å². The van der Waals surface area contributed by atoms with Gasteiger partial charge in [-0.1, -0.05) is 13.8 Å². The zero-order valence-corrected chi connectivity index (χ0v) is 11.0. The SMILES string of the molecule is CC(C)(CC1CCOCC1)C(=O)NCCCO. The van der Waals surface area contributed by atoms with Crippen molar-refractivity contribution in [2.75, 3.05) is 26.4 Å². The van der Waals surface area contributed by atoms with Gasteiger partial charge >= 0.3 is 0 Å². The molecule has 1 saturated heterocycles. The molecule has 17 heavy (non-hydrogen) atoms. The maximum Gasteiger partial charge on any atom is 0.225 e. The zero-order chi connectivity index (χ0) is 12.7. The molecule has 1 rings (SSSR count). The van der Waals surface area contributed by atoms with Crippen molar-refractivity contribution in [1.29, 1.82) is 0 Å². The Morgan fingerprint density at radius 3 is 2.65 bits per heavy atom. The predicted octanol–water partition coefficient (Wildman–Crippen LogP) is 1.33. The molecule has 0 spiro atoms. The van der Waals surface area contributed by atoms with Gasteiger partial charge in [0.25, 0.3) is 0 Å². The van der Waals surface area contributed by atoms with E-state index in [0.717, 1.165) is 32.5 Å². The molecule has 2 N–H and O–H groups in total. The highest BCUT2D eigenvalue weighted by molar-refractivity contribution is 5.81. The summed E-state index contributed by atoms with van der Waals surface area (Å²) >= 11 is 0. The van der Waals surface area contributed by atoms with Gasteiger partial charge in [-0.25, -0.2) is 0 Å². The lowest BCUT2D eigenvalue weighted by Gasteiger charge is -2.30. The maximum atomic E-state index is 12.0. The first-order valence-corrected chi connectivity index (χ1v) is 6.53. The number of aliphatic hydroxyl groups excluding tert-OH is 1. The van der Waals surface area contributed by atoms with Crippen molar-refractivity contribution in [1.82, 2.24) is 5.32 Å². The molecular formula is C13H25NO3. The number of amides is 1. The quantitative estimate of drug-likeness (QED) is 0.692. The molecule has 0 saturated carbocycles. The fraction of sp³-hybridized carbons (Fsp3) is 0.923. The summed E-state index contributed by atoms with van der Waals surface area (Å²) in [5, 5.41) is 11.6. The first-order chi connectivity index (χ1) is 8.06. The minimum absolute atomic E-state index is 0.0949. The normalized spacial score (nSPS) is 18.1. The van der Waals surface area contributed by atoms with Gasteiger partial charge in [-0.05, 0) is 31.6 Å². The van der Waals surface area contributed by atoms with Crippen molar-refractivity contribution in [3.05, 3.63) is 0 Å². The van der Waals surface area contributed by atoms with Crippen LogP contribution in [0.4, 0.5) is 0 Å². The number of hydrogen-bond acceptors (Lipinski definition) is 3. The van der Waals surface area contributed by atoms with Crippen LogP contribution in [-0.2, 0) is 9.53 Å². The molecule has 1 amide bonds. The third kappa shape index (κ3) is 5.04. The molecule has 1 heterocycles. The summed E-state index contributed by atoms with van der Waals surface area (Å²) in [5.74, 6) is 0.694. The number of rotatable bonds is 6. The van der Waals surface area contributed by atoms with E-state index in [-0.39, 0.29) is 17.9 Å². The van der Waals surface area contributed by atoms with Gasteiger partial charge in [-0.15, -0.1) is 0 Å². The van der Waals surface area contributed by atoms with E-state index >= 15 is 0 Å². The van der Waals surface area contributed by atoms with Crippen LogP contribution in [0.3, 0.4) is 0 Å². The first kappa shape index (κ1) is 14.5. The number of ether oxygens (including phenoxy) is 1. The minimum atomic E-state index is -0.322. The van der Waals surface area contributed by atoms with Gasteiger partial charge in [0.15, 0.2) is 0 Å². The first-order valence-electron chi connectivity index (χ1n) is 6.53. The Bertz CT molecular complexity index is 235. The summed E-state index contributed by atoms with van der Waals surface area (Å²) in [7, 11) is 0. The van der Waals surface area contributed by atoms with Crippen LogP contribution in [0.1, 0.15) is 39.5 Å². The van der Waals surface area contributed by atoms with Crippen LogP contribution in [-0.4, -0.2) is 37.4 Å². The lowest BCUT2D eigenvalue weighted by Crippen LogP contribution is -2.39. The molecule has 0 aliphatic carbocycles. The van der Waals surface area contributed by atoms with Gasteiger partial charge in [-0.2, -0.15) is 0 Å². The highest BCUT2D eigenvalue weighted by Gasteiger charge is 2.31. The smallest absolute Gasteiger partial charge is 0.225 e. The van der Waals surface area contributed by atoms with Crippen LogP contribution in [0.25, 0.3) is 0 Å². The Hall–Kier alpha value is -0.610. The van der Waals surface area contributed by atoms with E-state index in [0.29, 0.717) is 18.9 Å². The summed E-state index contributed by atoms with van der Waals surface area (Å²) in [6, 6.07) is 0. The summed E-state index contributed by atoms with van der Waals surface area (Å²) in [6.45, 7) is 6.33. The largest absolute Gasteiger partial charge is 0.396 e. The standard InChI is InChI=1S/C13H25NO3/c1-13(2,12(16)14-6-3-7-15)10-11-4-8-17-9-5-11/h11,15H,3-10H2,1-2H3,(H,14,16). The maximum absolute atomic E-state index is 12.0. The highest BCUT2D eigenvalue weighted by atomic mass is 16.5. The van der Waals surface area contributed by atoms with Crippen molar-refractivity contribution in [2.45, 2.75) is 39.5 Å². The second kappa shape index (κ2) is 6.97. The average molecular weight is 243 g/mol. The molecule has 0 unspecified atom stereocenters. The van der Waals surface area contributed by atoms with Crippen molar-refractivity contribution in [3.8, 4) is 0 Å². The molecule has 100 valence electrons. The van der Waals surface area contributed by atoms with E-state index in [1.54, 1.807) is 0 Å². The fourth-order valence-corrected chi connectivity index (χ4v) is 2.29. The number of carbonyl (C=O) groups excluding carboxylic acids is 1. The molecule has 0 atom stereocenters. The Morgan fingerprint density at radius 2 is 2.06 bits per heavy atom. The molecule has 1 aliphatic heterocycles. The van der Waals surface area contributed by atoms with Crippen LogP contribution < -0.4 is 5.32 Å². The molecule has 4 nitrogen and oxygen atoms in total. The van der Waals surface area contributed by atoms with Gasteiger partial charge < -0.3 is 15.2 Å². The highest BCUT2D eigenvalue weighted by Crippen LogP contribution is 2.31. The Balaban J connectivity index is 2.34. The van der Waals surface area contributed by atoms with Gasteiger partial charge in [0.1, 0.15) is 0 Å².